The predicted octanol–water partition coefficient (Wildman–Crippen LogP) is 17.5. The lowest BCUT2D eigenvalue weighted by molar-refractivity contribution is 0.411. The van der Waals surface area contributed by atoms with E-state index in [0.717, 1.165) is 50.1 Å². The Morgan fingerprint density at radius 1 is 0.574 bits per heavy atom. The zero-order valence-electron chi connectivity index (χ0n) is 50.8. The molecule has 0 amide bonds. The molecule has 0 saturated heterocycles. The van der Waals surface area contributed by atoms with E-state index in [9.17, 15) is 9.22 Å². The van der Waals surface area contributed by atoms with Crippen molar-refractivity contribution in [3.8, 4) is 67.5 Å². The van der Waals surface area contributed by atoms with E-state index in [0.29, 0.717) is 33.7 Å². The maximum atomic E-state index is 12.7. The highest BCUT2D eigenvalue weighted by Gasteiger charge is 2.30. The molecule has 4 nitrogen and oxygen atoms in total. The summed E-state index contributed by atoms with van der Waals surface area (Å²) < 4.78 is 74.7. The third-order valence-corrected chi connectivity index (χ3v) is 12.5. The number of imidazole rings is 1. The number of fused-ring (bicyclic) bond motifs is 1. The van der Waals surface area contributed by atoms with Gasteiger partial charge in [-0.25, -0.2) is 4.98 Å². The average Bonchev–Trinajstić information content (AvgIpc) is 3.69. The molecule has 1 N–H and O–H groups in total. The Hall–Kier alpha value is -6.26. The number of phenolic OH excluding ortho intramolecular Hbond substituents is 1. The van der Waals surface area contributed by atoms with Crippen LogP contribution in [-0.2, 0) is 28.0 Å². The maximum Gasteiger partial charge on any atom is 0.149 e. The fourth-order valence-electron chi connectivity index (χ4n) is 8.74. The van der Waals surface area contributed by atoms with Crippen LogP contribution in [0.1, 0.15) is 148 Å². The molecule has 2 aromatic heterocycles. The molecular weight excluding hydrogens is 827 g/mol. The van der Waals surface area contributed by atoms with E-state index in [1.54, 1.807) is 39.1 Å². The SMILES string of the molecule is [2H]c1cc(C([2H])([2H])C(C)(C)C)cc(C([2H])([2H])[2H])c1-c1ccnc(-c2cc(-c3cccc4c3nc(-c3c([2H])c(C(C)(C)C)c([2H])c(C(C)(C)C)c3O)n4-c3ccc(C(C)(C)C)cc3-c3ccccc3)cc(C(C)(C)C)c2)c1. The zero-order chi connectivity index (χ0) is 56.2. The van der Waals surface area contributed by atoms with Gasteiger partial charge in [0.15, 0.2) is 0 Å². The Kier molecular flexibility index (Phi) is 9.88. The van der Waals surface area contributed by atoms with Gasteiger partial charge >= 0.3 is 0 Å². The molecule has 6 aromatic carbocycles. The smallest absolute Gasteiger partial charge is 0.149 e. The number of aromatic nitrogens is 3. The van der Waals surface area contributed by atoms with Crippen molar-refractivity contribution in [2.75, 3.05) is 0 Å². The van der Waals surface area contributed by atoms with Crippen molar-refractivity contribution in [2.24, 2.45) is 5.41 Å². The number of pyridine rings is 1. The number of phenols is 1. The molecule has 0 aliphatic rings. The average molecular weight is 908 g/mol. The van der Waals surface area contributed by atoms with E-state index in [4.69, 9.17) is 16.8 Å². The number of hydrogen-bond donors (Lipinski definition) is 1. The van der Waals surface area contributed by atoms with Gasteiger partial charge in [-0.05, 0) is 139 Å². The molecule has 350 valence electrons. The van der Waals surface area contributed by atoms with Gasteiger partial charge in [0.1, 0.15) is 11.6 Å². The fraction of sp³-hybridized carbons (Fsp3) is 0.344. The molecule has 0 unspecified atom stereocenters. The molecule has 0 atom stereocenters. The summed E-state index contributed by atoms with van der Waals surface area (Å²) in [4.78, 5) is 10.4. The summed E-state index contributed by atoms with van der Waals surface area (Å²) in [6.07, 6.45) is -0.302. The highest BCUT2D eigenvalue weighted by atomic mass is 16.3. The summed E-state index contributed by atoms with van der Waals surface area (Å²) in [5.74, 6) is 0.213. The molecule has 0 aliphatic carbocycles. The topological polar surface area (TPSA) is 50.9 Å². The lowest BCUT2D eigenvalue weighted by Crippen LogP contribution is -2.17. The van der Waals surface area contributed by atoms with Crippen LogP contribution in [0.4, 0.5) is 0 Å². The normalized spacial score (nSPS) is 14.9. The molecule has 0 bridgehead atoms. The number of hydrogen-bond acceptors (Lipinski definition) is 3. The standard InChI is InChI=1S/C64H73N3O/c1-40-31-41(39-60(2,3)4)25-27-49(40)43-29-30-65-54(35-43)45-32-44(33-47(34-45)62(8,9)10)50-23-20-24-56-57(50)66-59(52-37-48(63(11,12)13)38-53(58(52)68)64(14,15)16)67(56)55-28-26-46(61(5,6)7)36-51(55)42-21-18-17-19-22-42/h17-38,68H,39H2,1-16H3/i1D3,27D,37D,38D,39D2. The molecule has 4 heteroatoms. The van der Waals surface area contributed by atoms with Crippen molar-refractivity contribution in [3.63, 3.8) is 0 Å². The van der Waals surface area contributed by atoms with Gasteiger partial charge in [-0.1, -0.05) is 183 Å². The molecular formula is C64H73N3O. The van der Waals surface area contributed by atoms with Gasteiger partial charge in [0.05, 0.1) is 32.1 Å². The molecule has 68 heavy (non-hydrogen) atoms. The van der Waals surface area contributed by atoms with Crippen molar-refractivity contribution in [2.45, 2.75) is 139 Å². The van der Waals surface area contributed by atoms with Crippen LogP contribution in [0.25, 0.3) is 72.7 Å². The number of aryl methyl sites for hydroxylation is 1. The first kappa shape index (κ1) is 38.7. The highest BCUT2D eigenvalue weighted by Crippen LogP contribution is 2.46. The van der Waals surface area contributed by atoms with Crippen LogP contribution in [0, 0.1) is 12.3 Å². The summed E-state index contributed by atoms with van der Waals surface area (Å²) in [5.41, 5.74) is 8.27. The summed E-state index contributed by atoms with van der Waals surface area (Å²) in [6.45, 7) is 27.5. The molecule has 0 radical (unpaired) electrons. The first-order chi connectivity index (χ1) is 34.9. The molecule has 0 spiro atoms. The van der Waals surface area contributed by atoms with E-state index < -0.39 is 29.5 Å². The lowest BCUT2D eigenvalue weighted by Gasteiger charge is -2.28. The van der Waals surface area contributed by atoms with Gasteiger partial charge in [-0.3, -0.25) is 9.55 Å². The van der Waals surface area contributed by atoms with Gasteiger partial charge in [-0.15, -0.1) is 0 Å². The summed E-state index contributed by atoms with van der Waals surface area (Å²) in [5, 5.41) is 12.7. The summed E-state index contributed by atoms with van der Waals surface area (Å²) >= 11 is 0. The largest absolute Gasteiger partial charge is 0.507 e. The second-order valence-electron chi connectivity index (χ2n) is 23.5. The molecule has 0 fully saturated rings. The number of benzene rings is 6. The zero-order valence-corrected chi connectivity index (χ0v) is 42.8. The van der Waals surface area contributed by atoms with Gasteiger partial charge in [0.2, 0.25) is 0 Å². The van der Waals surface area contributed by atoms with Crippen LogP contribution in [0.15, 0.2) is 134 Å². The minimum Gasteiger partial charge on any atom is -0.507 e. The minimum atomic E-state index is -2.65. The Bertz CT molecular complexity index is 3510. The van der Waals surface area contributed by atoms with E-state index in [1.807, 2.05) is 84.0 Å². The lowest BCUT2D eigenvalue weighted by atomic mass is 9.79. The van der Waals surface area contributed by atoms with Crippen molar-refractivity contribution >= 4 is 11.0 Å². The Balaban J connectivity index is 1.46. The third kappa shape index (κ3) is 9.84. The summed E-state index contributed by atoms with van der Waals surface area (Å²) in [6, 6.07) is 35.5. The quantitative estimate of drug-likeness (QED) is 0.173. The second kappa shape index (κ2) is 17.4. The van der Waals surface area contributed by atoms with Gasteiger partial charge in [-0.2, -0.15) is 0 Å². The number of nitrogens with zero attached hydrogens (tertiary/aromatic N) is 3. The van der Waals surface area contributed by atoms with Crippen molar-refractivity contribution in [3.05, 3.63) is 167 Å². The number of aromatic hydroxyl groups is 1. The first-order valence-corrected chi connectivity index (χ1v) is 23.8. The number of rotatable bonds is 7. The summed E-state index contributed by atoms with van der Waals surface area (Å²) in [7, 11) is 0. The first-order valence-electron chi connectivity index (χ1n) is 27.8. The van der Waals surface area contributed by atoms with Crippen LogP contribution < -0.4 is 0 Å². The second-order valence-corrected chi connectivity index (χ2v) is 23.5. The van der Waals surface area contributed by atoms with Crippen LogP contribution in [0.3, 0.4) is 0 Å². The molecule has 8 aromatic rings. The van der Waals surface area contributed by atoms with Crippen LogP contribution in [0.2, 0.25) is 0 Å². The monoisotopic (exact) mass is 908 g/mol. The van der Waals surface area contributed by atoms with E-state index in [1.165, 1.54) is 12.1 Å². The molecule has 8 rings (SSSR count). The van der Waals surface area contributed by atoms with Gasteiger partial charge in [0.25, 0.3) is 0 Å². The van der Waals surface area contributed by atoms with Gasteiger partial charge < -0.3 is 5.11 Å². The van der Waals surface area contributed by atoms with Gasteiger partial charge in [0, 0.05) is 35.3 Å². The third-order valence-electron chi connectivity index (χ3n) is 12.5. The van der Waals surface area contributed by atoms with E-state index in [2.05, 4.69) is 88.6 Å². The fourth-order valence-corrected chi connectivity index (χ4v) is 8.74. The van der Waals surface area contributed by atoms with E-state index >= 15 is 0 Å². The highest BCUT2D eigenvalue weighted by molar-refractivity contribution is 5.98. The van der Waals surface area contributed by atoms with Crippen molar-refractivity contribution < 1.29 is 16.1 Å². The Morgan fingerprint density at radius 3 is 1.91 bits per heavy atom. The van der Waals surface area contributed by atoms with Crippen LogP contribution >= 0.6 is 0 Å². The predicted molar refractivity (Wildman–Crippen MR) is 290 cm³/mol. The van der Waals surface area contributed by atoms with Crippen molar-refractivity contribution in [1.82, 2.24) is 14.5 Å². The molecule has 0 aliphatic heterocycles. The molecule has 0 saturated carbocycles. The Labute approximate surface area is 418 Å². The van der Waals surface area contributed by atoms with E-state index in [-0.39, 0.29) is 57.0 Å². The maximum absolute atomic E-state index is 12.7. The minimum absolute atomic E-state index is 0.0386. The van der Waals surface area contributed by atoms with Crippen LogP contribution in [-0.4, -0.2) is 19.6 Å². The Morgan fingerprint density at radius 2 is 1.26 bits per heavy atom. The van der Waals surface area contributed by atoms with Crippen LogP contribution in [0.5, 0.6) is 5.75 Å². The van der Waals surface area contributed by atoms with Crippen molar-refractivity contribution in [1.29, 1.82) is 0 Å². The number of para-hydroxylation sites is 1. The molecule has 2 heterocycles.